The van der Waals surface area contributed by atoms with Crippen molar-refractivity contribution >= 4 is 16.8 Å². The molecule has 1 N–H and O–H groups in total. The third-order valence-corrected chi connectivity index (χ3v) is 5.25. The first-order chi connectivity index (χ1) is 14.6. The highest BCUT2D eigenvalue weighted by Crippen LogP contribution is 2.33. The number of carbonyl (C=O) groups excluding carboxylic acids is 1. The number of nitrogens with zero attached hydrogens (tertiary/aromatic N) is 2. The van der Waals surface area contributed by atoms with Gasteiger partial charge in [0.25, 0.3) is 5.91 Å². The molecule has 0 aliphatic carbocycles. The summed E-state index contributed by atoms with van der Waals surface area (Å²) >= 11 is 0. The van der Waals surface area contributed by atoms with Gasteiger partial charge in [-0.05, 0) is 43.4 Å². The number of fused-ring (bicyclic) bond motifs is 1. The Balaban J connectivity index is 1.96. The topological polar surface area (TPSA) is 63.7 Å². The summed E-state index contributed by atoms with van der Waals surface area (Å²) in [6.07, 6.45) is 0. The van der Waals surface area contributed by atoms with E-state index in [4.69, 9.17) is 14.5 Å². The summed E-state index contributed by atoms with van der Waals surface area (Å²) < 4.78 is 10.8. The van der Waals surface area contributed by atoms with Gasteiger partial charge in [-0.3, -0.25) is 4.79 Å². The SMILES string of the molecule is CCN(CC)CCNC(=O)c1cc(-c2ccc(OC)c(OC)c2)nc2ccccc12. The van der Waals surface area contributed by atoms with Crippen molar-refractivity contribution in [1.29, 1.82) is 0 Å². The van der Waals surface area contributed by atoms with Gasteiger partial charge < -0.3 is 19.7 Å². The van der Waals surface area contributed by atoms with E-state index in [2.05, 4.69) is 24.1 Å². The molecular weight excluding hydrogens is 378 g/mol. The molecule has 0 saturated carbocycles. The van der Waals surface area contributed by atoms with Crippen molar-refractivity contribution in [3.05, 3.63) is 54.1 Å². The quantitative estimate of drug-likeness (QED) is 0.581. The Labute approximate surface area is 177 Å². The fraction of sp³-hybridized carbons (Fsp3) is 0.333. The summed E-state index contributed by atoms with van der Waals surface area (Å²) in [4.78, 5) is 20.1. The number of likely N-dealkylation sites (N-methyl/N-ethyl adjacent to an activating group) is 1. The summed E-state index contributed by atoms with van der Waals surface area (Å²) in [7, 11) is 3.21. The molecule has 158 valence electrons. The molecule has 1 heterocycles. The monoisotopic (exact) mass is 407 g/mol. The molecule has 0 fully saturated rings. The number of nitrogens with one attached hydrogen (secondary N) is 1. The number of methoxy groups -OCH3 is 2. The molecule has 0 saturated heterocycles. The van der Waals surface area contributed by atoms with Crippen molar-refractivity contribution in [2.45, 2.75) is 13.8 Å². The average molecular weight is 408 g/mol. The Morgan fingerprint density at radius 3 is 2.43 bits per heavy atom. The minimum absolute atomic E-state index is 0.0949. The Hall–Kier alpha value is -3.12. The molecule has 0 spiro atoms. The fourth-order valence-corrected chi connectivity index (χ4v) is 3.47. The van der Waals surface area contributed by atoms with Crippen LogP contribution in [0.2, 0.25) is 0 Å². The van der Waals surface area contributed by atoms with Crippen LogP contribution >= 0.6 is 0 Å². The molecule has 1 aromatic heterocycles. The van der Waals surface area contributed by atoms with Crippen LogP contribution < -0.4 is 14.8 Å². The molecule has 0 radical (unpaired) electrons. The summed E-state index contributed by atoms with van der Waals surface area (Å²) in [5.74, 6) is 1.18. The van der Waals surface area contributed by atoms with E-state index in [0.717, 1.165) is 36.1 Å². The number of pyridine rings is 1. The van der Waals surface area contributed by atoms with E-state index in [1.807, 2.05) is 48.5 Å². The van der Waals surface area contributed by atoms with Gasteiger partial charge in [0.05, 0.1) is 31.0 Å². The molecule has 0 unspecified atom stereocenters. The molecule has 2 aromatic carbocycles. The van der Waals surface area contributed by atoms with Crippen LogP contribution in [0.5, 0.6) is 11.5 Å². The first-order valence-electron chi connectivity index (χ1n) is 10.2. The van der Waals surface area contributed by atoms with Gasteiger partial charge in [-0.15, -0.1) is 0 Å². The van der Waals surface area contributed by atoms with E-state index in [-0.39, 0.29) is 5.91 Å². The van der Waals surface area contributed by atoms with Gasteiger partial charge in [0, 0.05) is 24.0 Å². The zero-order chi connectivity index (χ0) is 21.5. The van der Waals surface area contributed by atoms with Crippen LogP contribution in [0.4, 0.5) is 0 Å². The van der Waals surface area contributed by atoms with E-state index >= 15 is 0 Å². The molecule has 3 aromatic rings. The Kier molecular flexibility index (Phi) is 7.25. The van der Waals surface area contributed by atoms with E-state index < -0.39 is 0 Å². The third-order valence-electron chi connectivity index (χ3n) is 5.25. The lowest BCUT2D eigenvalue weighted by atomic mass is 10.0. The number of carbonyl (C=O) groups is 1. The highest BCUT2D eigenvalue weighted by atomic mass is 16.5. The second-order valence-electron chi connectivity index (χ2n) is 6.92. The van der Waals surface area contributed by atoms with Gasteiger partial charge in [-0.1, -0.05) is 32.0 Å². The summed E-state index contributed by atoms with van der Waals surface area (Å²) in [6, 6.07) is 15.2. The van der Waals surface area contributed by atoms with Crippen LogP contribution in [0.15, 0.2) is 48.5 Å². The number of benzene rings is 2. The average Bonchev–Trinajstić information content (AvgIpc) is 2.80. The molecule has 0 atom stereocenters. The smallest absolute Gasteiger partial charge is 0.252 e. The van der Waals surface area contributed by atoms with Gasteiger partial charge in [0.15, 0.2) is 11.5 Å². The van der Waals surface area contributed by atoms with Crippen LogP contribution in [0.1, 0.15) is 24.2 Å². The van der Waals surface area contributed by atoms with E-state index in [1.165, 1.54) is 0 Å². The number of hydrogen-bond donors (Lipinski definition) is 1. The van der Waals surface area contributed by atoms with E-state index in [0.29, 0.717) is 29.3 Å². The maximum atomic E-state index is 13.0. The first-order valence-corrected chi connectivity index (χ1v) is 10.2. The third kappa shape index (κ3) is 4.71. The Morgan fingerprint density at radius 2 is 1.73 bits per heavy atom. The summed E-state index contributed by atoms with van der Waals surface area (Å²) in [5, 5.41) is 3.89. The molecule has 0 aliphatic heterocycles. The molecular formula is C24H29N3O3. The van der Waals surface area contributed by atoms with Gasteiger partial charge in [0.1, 0.15) is 0 Å². The summed E-state index contributed by atoms with van der Waals surface area (Å²) in [5.41, 5.74) is 2.96. The number of rotatable bonds is 9. The van der Waals surface area contributed by atoms with Crippen LogP contribution in [0, 0.1) is 0 Å². The lowest BCUT2D eigenvalue weighted by molar-refractivity contribution is 0.0950. The lowest BCUT2D eigenvalue weighted by Crippen LogP contribution is -2.34. The zero-order valence-corrected chi connectivity index (χ0v) is 18.1. The first kappa shape index (κ1) is 21.6. The number of ether oxygens (including phenoxy) is 2. The summed E-state index contributed by atoms with van der Waals surface area (Å²) in [6.45, 7) is 7.60. The number of aromatic nitrogens is 1. The van der Waals surface area contributed by atoms with E-state index in [1.54, 1.807) is 14.2 Å². The minimum atomic E-state index is -0.0949. The lowest BCUT2D eigenvalue weighted by Gasteiger charge is -2.18. The number of amides is 1. The highest BCUT2D eigenvalue weighted by molar-refractivity contribution is 6.07. The van der Waals surface area contributed by atoms with Gasteiger partial charge in [-0.2, -0.15) is 0 Å². The van der Waals surface area contributed by atoms with Crippen molar-refractivity contribution in [2.75, 3.05) is 40.4 Å². The molecule has 1 amide bonds. The van der Waals surface area contributed by atoms with Crippen molar-refractivity contribution < 1.29 is 14.3 Å². The maximum absolute atomic E-state index is 13.0. The Bertz CT molecular complexity index is 1020. The predicted molar refractivity (Wildman–Crippen MR) is 120 cm³/mol. The molecule has 3 rings (SSSR count). The second-order valence-corrected chi connectivity index (χ2v) is 6.92. The molecule has 30 heavy (non-hydrogen) atoms. The van der Waals surface area contributed by atoms with Crippen molar-refractivity contribution in [1.82, 2.24) is 15.2 Å². The standard InChI is InChI=1S/C24H29N3O3/c1-5-27(6-2)14-13-25-24(28)19-16-21(26-20-10-8-7-9-18(19)20)17-11-12-22(29-3)23(15-17)30-4/h7-12,15-16H,5-6,13-14H2,1-4H3,(H,25,28). The molecule has 0 bridgehead atoms. The maximum Gasteiger partial charge on any atom is 0.252 e. The van der Waals surface area contributed by atoms with Gasteiger partial charge >= 0.3 is 0 Å². The highest BCUT2D eigenvalue weighted by Gasteiger charge is 2.15. The second kappa shape index (κ2) is 10.1. The molecule has 0 aliphatic rings. The van der Waals surface area contributed by atoms with Crippen LogP contribution in [0.25, 0.3) is 22.2 Å². The largest absolute Gasteiger partial charge is 0.493 e. The van der Waals surface area contributed by atoms with Crippen LogP contribution in [-0.2, 0) is 0 Å². The number of hydrogen-bond acceptors (Lipinski definition) is 5. The van der Waals surface area contributed by atoms with Gasteiger partial charge in [0.2, 0.25) is 0 Å². The Morgan fingerprint density at radius 1 is 1.00 bits per heavy atom. The molecule has 6 heteroatoms. The van der Waals surface area contributed by atoms with Crippen molar-refractivity contribution in [3.63, 3.8) is 0 Å². The van der Waals surface area contributed by atoms with Crippen molar-refractivity contribution in [2.24, 2.45) is 0 Å². The normalized spacial score (nSPS) is 11.0. The number of para-hydroxylation sites is 1. The zero-order valence-electron chi connectivity index (χ0n) is 18.1. The van der Waals surface area contributed by atoms with Crippen LogP contribution in [-0.4, -0.2) is 56.2 Å². The predicted octanol–water partition coefficient (Wildman–Crippen LogP) is 3.99. The van der Waals surface area contributed by atoms with Gasteiger partial charge in [-0.25, -0.2) is 4.98 Å². The van der Waals surface area contributed by atoms with E-state index in [9.17, 15) is 4.79 Å². The van der Waals surface area contributed by atoms with Crippen LogP contribution in [0.3, 0.4) is 0 Å². The van der Waals surface area contributed by atoms with Crippen molar-refractivity contribution in [3.8, 4) is 22.8 Å². The molecule has 6 nitrogen and oxygen atoms in total. The minimum Gasteiger partial charge on any atom is -0.493 e. The fourth-order valence-electron chi connectivity index (χ4n) is 3.47.